The van der Waals surface area contributed by atoms with Crippen LogP contribution in [0.15, 0.2) is 41.3 Å². The van der Waals surface area contributed by atoms with E-state index >= 15 is 0 Å². The zero-order chi connectivity index (χ0) is 15.2. The minimum absolute atomic E-state index is 0.477. The van der Waals surface area contributed by atoms with Crippen LogP contribution in [0.2, 0.25) is 10.0 Å². The van der Waals surface area contributed by atoms with Crippen molar-refractivity contribution in [1.82, 2.24) is 0 Å². The van der Waals surface area contributed by atoms with Gasteiger partial charge in [-0.15, -0.1) is 11.8 Å². The lowest BCUT2D eigenvalue weighted by molar-refractivity contribution is 0.344. The number of nitrogens with two attached hydrogens (primary N) is 1. The van der Waals surface area contributed by atoms with Crippen LogP contribution in [0, 0.1) is 0 Å². The molecule has 2 aromatic rings. The number of nitrogen functional groups attached to an aromatic ring is 1. The van der Waals surface area contributed by atoms with Gasteiger partial charge in [-0.2, -0.15) is 0 Å². The fourth-order valence-electron chi connectivity index (χ4n) is 1.68. The van der Waals surface area contributed by atoms with Gasteiger partial charge in [-0.1, -0.05) is 29.3 Å². The van der Waals surface area contributed by atoms with Gasteiger partial charge in [0, 0.05) is 16.3 Å². The molecular weight excluding hydrogens is 329 g/mol. The predicted molar refractivity (Wildman–Crippen MR) is 90.1 cm³/mol. The normalized spacial score (nSPS) is 10.4. The summed E-state index contributed by atoms with van der Waals surface area (Å²) in [6.45, 7) is 0.477. The molecule has 2 rings (SSSR count). The number of ether oxygens (including phenoxy) is 2. The Morgan fingerprint density at radius 1 is 1.14 bits per heavy atom. The lowest BCUT2D eigenvalue weighted by Gasteiger charge is -2.11. The standard InChI is InChI=1S/C15H15Cl2NO2S/c1-19-10-5-6-13(18)14(9-10)21-8-7-20-15-11(16)3-2-4-12(15)17/h2-6,9H,7-8,18H2,1H3. The number of halogens is 2. The summed E-state index contributed by atoms with van der Waals surface area (Å²) in [4.78, 5) is 0.961. The van der Waals surface area contributed by atoms with Crippen LogP contribution >= 0.6 is 35.0 Å². The van der Waals surface area contributed by atoms with Gasteiger partial charge in [-0.05, 0) is 30.3 Å². The quantitative estimate of drug-likeness (QED) is 0.466. The molecule has 0 aliphatic heterocycles. The first-order valence-corrected chi connectivity index (χ1v) is 7.99. The van der Waals surface area contributed by atoms with Gasteiger partial charge in [0.2, 0.25) is 0 Å². The molecule has 0 aliphatic rings. The Morgan fingerprint density at radius 2 is 1.86 bits per heavy atom. The summed E-state index contributed by atoms with van der Waals surface area (Å²) in [6.07, 6.45) is 0. The van der Waals surface area contributed by atoms with E-state index in [1.807, 2.05) is 18.2 Å². The minimum atomic E-state index is 0.477. The monoisotopic (exact) mass is 343 g/mol. The number of hydrogen-bond acceptors (Lipinski definition) is 4. The molecule has 2 N–H and O–H groups in total. The van der Waals surface area contributed by atoms with Crippen LogP contribution < -0.4 is 15.2 Å². The molecule has 0 heterocycles. The first-order chi connectivity index (χ1) is 10.1. The summed E-state index contributed by atoms with van der Waals surface area (Å²) in [5, 5.41) is 1.02. The van der Waals surface area contributed by atoms with Crippen molar-refractivity contribution < 1.29 is 9.47 Å². The zero-order valence-corrected chi connectivity index (χ0v) is 13.8. The van der Waals surface area contributed by atoms with Gasteiger partial charge in [0.25, 0.3) is 0 Å². The fraction of sp³-hybridized carbons (Fsp3) is 0.200. The highest BCUT2D eigenvalue weighted by Crippen LogP contribution is 2.33. The third kappa shape index (κ3) is 4.37. The van der Waals surface area contributed by atoms with E-state index in [1.165, 1.54) is 0 Å². The highest BCUT2D eigenvalue weighted by molar-refractivity contribution is 7.99. The zero-order valence-electron chi connectivity index (χ0n) is 11.4. The maximum atomic E-state index is 6.04. The number of methoxy groups -OCH3 is 1. The maximum Gasteiger partial charge on any atom is 0.156 e. The van der Waals surface area contributed by atoms with Crippen molar-refractivity contribution in [2.24, 2.45) is 0 Å². The molecule has 21 heavy (non-hydrogen) atoms. The first-order valence-electron chi connectivity index (χ1n) is 6.25. The van der Waals surface area contributed by atoms with Gasteiger partial charge in [0.05, 0.1) is 23.8 Å². The maximum absolute atomic E-state index is 6.04. The largest absolute Gasteiger partial charge is 0.497 e. The number of para-hydroxylation sites is 1. The van der Waals surface area contributed by atoms with Gasteiger partial charge in [0.15, 0.2) is 5.75 Å². The van der Waals surface area contributed by atoms with Crippen molar-refractivity contribution in [3.8, 4) is 11.5 Å². The van der Waals surface area contributed by atoms with Crippen molar-refractivity contribution in [1.29, 1.82) is 0 Å². The second kappa shape index (κ2) is 7.69. The van der Waals surface area contributed by atoms with E-state index in [4.69, 9.17) is 38.4 Å². The third-order valence-electron chi connectivity index (χ3n) is 2.73. The molecule has 112 valence electrons. The molecule has 0 unspecified atom stereocenters. The van der Waals surface area contributed by atoms with Crippen LogP contribution in [0.3, 0.4) is 0 Å². The van der Waals surface area contributed by atoms with Crippen molar-refractivity contribution >= 4 is 40.7 Å². The lowest BCUT2D eigenvalue weighted by atomic mass is 10.3. The Kier molecular flexibility index (Phi) is 5.91. The molecule has 0 spiro atoms. The van der Waals surface area contributed by atoms with E-state index in [1.54, 1.807) is 37.1 Å². The highest BCUT2D eigenvalue weighted by Gasteiger charge is 2.07. The molecule has 0 radical (unpaired) electrons. The van der Waals surface area contributed by atoms with Gasteiger partial charge < -0.3 is 15.2 Å². The summed E-state index contributed by atoms with van der Waals surface area (Å²) < 4.78 is 10.8. The topological polar surface area (TPSA) is 44.5 Å². The molecule has 6 heteroatoms. The van der Waals surface area contributed by atoms with Gasteiger partial charge in [0.1, 0.15) is 5.75 Å². The van der Waals surface area contributed by atoms with Crippen molar-refractivity contribution in [3.05, 3.63) is 46.4 Å². The lowest BCUT2D eigenvalue weighted by Crippen LogP contribution is -2.01. The minimum Gasteiger partial charge on any atom is -0.497 e. The third-order valence-corrected chi connectivity index (χ3v) is 4.36. The van der Waals surface area contributed by atoms with E-state index in [-0.39, 0.29) is 0 Å². The Balaban J connectivity index is 1.90. The SMILES string of the molecule is COc1ccc(N)c(SCCOc2c(Cl)cccc2Cl)c1. The molecular formula is C15H15Cl2NO2S. The van der Waals surface area contributed by atoms with Crippen LogP contribution in [0.4, 0.5) is 5.69 Å². The van der Waals surface area contributed by atoms with Gasteiger partial charge >= 0.3 is 0 Å². The average molecular weight is 344 g/mol. The molecule has 0 amide bonds. The number of anilines is 1. The molecule has 0 fully saturated rings. The molecule has 0 saturated heterocycles. The van der Waals surface area contributed by atoms with Crippen LogP contribution in [0.1, 0.15) is 0 Å². The number of thioether (sulfide) groups is 1. The Labute approximate surface area is 138 Å². The molecule has 0 bridgehead atoms. The van der Waals surface area contributed by atoms with E-state index < -0.39 is 0 Å². The van der Waals surface area contributed by atoms with Crippen LogP contribution in [0.25, 0.3) is 0 Å². The Bertz CT molecular complexity index is 602. The smallest absolute Gasteiger partial charge is 0.156 e. The van der Waals surface area contributed by atoms with E-state index in [2.05, 4.69) is 0 Å². The molecule has 2 aromatic carbocycles. The fourth-order valence-corrected chi connectivity index (χ4v) is 3.01. The number of benzene rings is 2. The highest BCUT2D eigenvalue weighted by atomic mass is 35.5. The predicted octanol–water partition coefficient (Wildman–Crippen LogP) is 4.76. The molecule has 0 saturated carbocycles. The summed E-state index contributed by atoms with van der Waals surface area (Å²) >= 11 is 13.7. The van der Waals surface area contributed by atoms with E-state index in [0.717, 1.165) is 22.1 Å². The van der Waals surface area contributed by atoms with Crippen molar-refractivity contribution in [2.45, 2.75) is 4.90 Å². The summed E-state index contributed by atoms with van der Waals surface area (Å²) in [6, 6.07) is 10.8. The second-order valence-corrected chi connectivity index (χ2v) is 6.10. The number of rotatable bonds is 6. The van der Waals surface area contributed by atoms with Crippen LogP contribution in [-0.4, -0.2) is 19.5 Å². The Hall–Kier alpha value is -1.23. The summed E-state index contributed by atoms with van der Waals surface area (Å²) in [7, 11) is 1.63. The molecule has 0 atom stereocenters. The molecule has 0 aromatic heterocycles. The van der Waals surface area contributed by atoms with Crippen LogP contribution in [-0.2, 0) is 0 Å². The van der Waals surface area contributed by atoms with E-state index in [0.29, 0.717) is 22.4 Å². The van der Waals surface area contributed by atoms with Crippen LogP contribution in [0.5, 0.6) is 11.5 Å². The number of hydrogen-bond donors (Lipinski definition) is 1. The first kappa shape index (κ1) is 16.1. The van der Waals surface area contributed by atoms with Gasteiger partial charge in [-0.3, -0.25) is 0 Å². The van der Waals surface area contributed by atoms with Crippen molar-refractivity contribution in [2.75, 3.05) is 25.2 Å². The van der Waals surface area contributed by atoms with Gasteiger partial charge in [-0.25, -0.2) is 0 Å². The molecule has 3 nitrogen and oxygen atoms in total. The average Bonchev–Trinajstić information content (AvgIpc) is 2.47. The van der Waals surface area contributed by atoms with Crippen molar-refractivity contribution in [3.63, 3.8) is 0 Å². The molecule has 0 aliphatic carbocycles. The Morgan fingerprint density at radius 3 is 2.52 bits per heavy atom. The summed E-state index contributed by atoms with van der Waals surface area (Å²) in [5.41, 5.74) is 6.65. The summed E-state index contributed by atoms with van der Waals surface area (Å²) in [5.74, 6) is 2.01. The second-order valence-electron chi connectivity index (χ2n) is 4.15. The van der Waals surface area contributed by atoms with E-state index in [9.17, 15) is 0 Å².